The van der Waals surface area contributed by atoms with Crippen molar-refractivity contribution in [3.8, 4) is 11.7 Å². The molecule has 0 fully saturated rings. The maximum atomic E-state index is 5.39. The predicted octanol–water partition coefficient (Wildman–Crippen LogP) is 3.79. The van der Waals surface area contributed by atoms with Gasteiger partial charge in [-0.05, 0) is 44.0 Å². The molecule has 0 aliphatic heterocycles. The molecule has 0 unspecified atom stereocenters. The van der Waals surface area contributed by atoms with Crippen LogP contribution in [0.1, 0.15) is 0 Å². The Hall–Kier alpha value is -0.810. The van der Waals surface area contributed by atoms with E-state index in [4.69, 9.17) is 9.15 Å². The summed E-state index contributed by atoms with van der Waals surface area (Å²) in [5.74, 6) is 0.966. The van der Waals surface area contributed by atoms with Crippen LogP contribution in [0, 0.1) is 6.39 Å². The standard InChI is InChI=1S/C9H4Br2NO2/c10-6-2-1-3-7(9(6)11)14-8-4-12-5-13-8/h1-4H. The molecule has 0 N–H and O–H groups in total. The summed E-state index contributed by atoms with van der Waals surface area (Å²) in [5, 5.41) is 0. The second-order valence-electron chi connectivity index (χ2n) is 2.42. The molecule has 0 aliphatic rings. The number of rotatable bonds is 2. The molecule has 0 atom stereocenters. The first-order valence-corrected chi connectivity index (χ1v) is 5.29. The van der Waals surface area contributed by atoms with Crippen molar-refractivity contribution in [2.75, 3.05) is 0 Å². The zero-order chi connectivity index (χ0) is 9.97. The second kappa shape index (κ2) is 4.14. The van der Waals surface area contributed by atoms with Crippen molar-refractivity contribution in [2.24, 2.45) is 0 Å². The van der Waals surface area contributed by atoms with Crippen molar-refractivity contribution in [1.29, 1.82) is 0 Å². The van der Waals surface area contributed by atoms with Crippen LogP contribution in [0.15, 0.2) is 37.8 Å². The lowest BCUT2D eigenvalue weighted by molar-refractivity contribution is 0.341. The van der Waals surface area contributed by atoms with Crippen molar-refractivity contribution in [2.45, 2.75) is 0 Å². The first-order chi connectivity index (χ1) is 6.77. The Balaban J connectivity index is 2.29. The van der Waals surface area contributed by atoms with Crippen molar-refractivity contribution >= 4 is 31.9 Å². The predicted molar refractivity (Wildman–Crippen MR) is 57.3 cm³/mol. The van der Waals surface area contributed by atoms with Crippen LogP contribution in [0.5, 0.6) is 11.7 Å². The number of ether oxygens (including phenoxy) is 1. The van der Waals surface area contributed by atoms with Crippen LogP contribution in [0.25, 0.3) is 0 Å². The topological polar surface area (TPSA) is 35.3 Å². The van der Waals surface area contributed by atoms with Gasteiger partial charge in [0.15, 0.2) is 0 Å². The Morgan fingerprint density at radius 3 is 2.93 bits per heavy atom. The fourth-order valence-electron chi connectivity index (χ4n) is 0.895. The lowest BCUT2D eigenvalue weighted by atomic mass is 10.3. The summed E-state index contributed by atoms with van der Waals surface area (Å²) in [4.78, 5) is 3.63. The van der Waals surface area contributed by atoms with E-state index in [9.17, 15) is 0 Å². The molecule has 0 aliphatic carbocycles. The molecule has 1 heterocycles. The zero-order valence-corrected chi connectivity index (χ0v) is 10.0. The molecule has 14 heavy (non-hydrogen) atoms. The molecule has 2 aromatic rings. The van der Waals surface area contributed by atoms with E-state index in [2.05, 4.69) is 43.2 Å². The first kappa shape index (κ1) is 9.73. The molecule has 0 bridgehead atoms. The van der Waals surface area contributed by atoms with E-state index < -0.39 is 0 Å². The second-order valence-corrected chi connectivity index (χ2v) is 4.07. The van der Waals surface area contributed by atoms with E-state index in [0.29, 0.717) is 11.7 Å². The molecule has 2 rings (SSSR count). The highest BCUT2D eigenvalue weighted by Gasteiger charge is 2.07. The van der Waals surface area contributed by atoms with Gasteiger partial charge in [0.25, 0.3) is 6.39 Å². The molecule has 0 amide bonds. The van der Waals surface area contributed by atoms with Crippen molar-refractivity contribution in [1.82, 2.24) is 4.98 Å². The molecular weight excluding hydrogens is 314 g/mol. The fraction of sp³-hybridized carbons (Fsp3) is 0. The van der Waals surface area contributed by atoms with Crippen molar-refractivity contribution in [3.63, 3.8) is 0 Å². The minimum atomic E-state index is 0.309. The van der Waals surface area contributed by atoms with Crippen LogP contribution < -0.4 is 4.74 Å². The van der Waals surface area contributed by atoms with Gasteiger partial charge in [0.2, 0.25) is 0 Å². The molecule has 1 aromatic heterocycles. The molecule has 5 heteroatoms. The Morgan fingerprint density at radius 2 is 2.21 bits per heavy atom. The van der Waals surface area contributed by atoms with Crippen LogP contribution in [-0.4, -0.2) is 4.98 Å². The van der Waals surface area contributed by atoms with Gasteiger partial charge >= 0.3 is 5.95 Å². The maximum absolute atomic E-state index is 5.39. The molecule has 71 valence electrons. The highest BCUT2D eigenvalue weighted by molar-refractivity contribution is 9.13. The Labute approximate surface area is 97.4 Å². The van der Waals surface area contributed by atoms with Crippen molar-refractivity contribution < 1.29 is 9.15 Å². The molecule has 0 spiro atoms. The third kappa shape index (κ3) is 1.99. The fourth-order valence-corrected chi connectivity index (χ4v) is 1.59. The van der Waals surface area contributed by atoms with E-state index in [1.54, 1.807) is 0 Å². The lowest BCUT2D eigenvalue weighted by Gasteiger charge is -2.04. The molecule has 0 saturated carbocycles. The number of oxazole rings is 1. The molecular formula is C9H4Br2NO2. The number of halogens is 2. The molecule has 1 aromatic carbocycles. The Kier molecular flexibility index (Phi) is 2.88. The summed E-state index contributed by atoms with van der Waals surface area (Å²) in [6.45, 7) is 0. The van der Waals surface area contributed by atoms with E-state index in [1.807, 2.05) is 18.2 Å². The summed E-state index contributed by atoms with van der Waals surface area (Å²) in [5.41, 5.74) is 0. The zero-order valence-electron chi connectivity index (χ0n) is 6.83. The number of hydrogen-bond donors (Lipinski definition) is 0. The Morgan fingerprint density at radius 1 is 1.36 bits per heavy atom. The minimum absolute atomic E-state index is 0.309. The highest BCUT2D eigenvalue weighted by Crippen LogP contribution is 2.34. The summed E-state index contributed by atoms with van der Waals surface area (Å²) >= 11 is 6.75. The van der Waals surface area contributed by atoms with Gasteiger partial charge in [-0.3, -0.25) is 0 Å². The Bertz CT molecular complexity index is 428. The van der Waals surface area contributed by atoms with Crippen molar-refractivity contribution in [3.05, 3.63) is 39.7 Å². The summed E-state index contributed by atoms with van der Waals surface area (Å²) in [7, 11) is 0. The third-order valence-electron chi connectivity index (χ3n) is 1.50. The van der Waals surface area contributed by atoms with Gasteiger partial charge in [0.1, 0.15) is 11.9 Å². The smallest absolute Gasteiger partial charge is 0.311 e. The third-order valence-corrected chi connectivity index (χ3v) is 3.51. The summed E-state index contributed by atoms with van der Waals surface area (Å²) in [6.07, 6.45) is 3.76. The van der Waals surface area contributed by atoms with E-state index in [-0.39, 0.29) is 0 Å². The van der Waals surface area contributed by atoms with Gasteiger partial charge in [-0.15, -0.1) is 0 Å². The van der Waals surface area contributed by atoms with E-state index in [1.165, 1.54) is 6.20 Å². The number of nitrogens with zero attached hydrogens (tertiary/aromatic N) is 1. The minimum Gasteiger partial charge on any atom is -0.424 e. The lowest BCUT2D eigenvalue weighted by Crippen LogP contribution is -1.83. The molecule has 3 nitrogen and oxygen atoms in total. The van der Waals surface area contributed by atoms with Crippen LogP contribution in [0.4, 0.5) is 0 Å². The van der Waals surface area contributed by atoms with Crippen LogP contribution in [0.2, 0.25) is 0 Å². The monoisotopic (exact) mass is 316 g/mol. The molecule has 1 radical (unpaired) electrons. The van der Waals surface area contributed by atoms with Gasteiger partial charge in [0, 0.05) is 4.47 Å². The number of benzene rings is 1. The van der Waals surface area contributed by atoms with Gasteiger partial charge < -0.3 is 9.15 Å². The van der Waals surface area contributed by atoms with Gasteiger partial charge in [-0.1, -0.05) is 6.07 Å². The average Bonchev–Trinajstić information content (AvgIpc) is 2.66. The average molecular weight is 318 g/mol. The van der Waals surface area contributed by atoms with Gasteiger partial charge in [0.05, 0.1) is 4.47 Å². The quantitative estimate of drug-likeness (QED) is 0.845. The number of aromatic nitrogens is 1. The van der Waals surface area contributed by atoms with E-state index in [0.717, 1.165) is 8.95 Å². The van der Waals surface area contributed by atoms with Gasteiger partial charge in [-0.2, -0.15) is 0 Å². The van der Waals surface area contributed by atoms with Crippen LogP contribution in [-0.2, 0) is 0 Å². The van der Waals surface area contributed by atoms with Crippen LogP contribution in [0.3, 0.4) is 0 Å². The SMILES string of the molecule is Brc1cccc(Oc2cn[c]o2)c1Br. The normalized spacial score (nSPS) is 10.1. The maximum Gasteiger partial charge on any atom is 0.311 e. The van der Waals surface area contributed by atoms with Gasteiger partial charge in [-0.25, -0.2) is 4.98 Å². The largest absolute Gasteiger partial charge is 0.424 e. The first-order valence-electron chi connectivity index (χ1n) is 3.71. The number of hydrogen-bond acceptors (Lipinski definition) is 3. The van der Waals surface area contributed by atoms with E-state index >= 15 is 0 Å². The van der Waals surface area contributed by atoms with Crippen LogP contribution >= 0.6 is 31.9 Å². The molecule has 0 saturated heterocycles. The summed E-state index contributed by atoms with van der Waals surface area (Å²) < 4.78 is 12.0. The highest BCUT2D eigenvalue weighted by atomic mass is 79.9. The summed E-state index contributed by atoms with van der Waals surface area (Å²) in [6, 6.07) is 5.59.